The molecule has 0 amide bonds. The molecule has 3 atom stereocenters. The topological polar surface area (TPSA) is 0 Å². The van der Waals surface area contributed by atoms with E-state index in [1.807, 2.05) is 0 Å². The van der Waals surface area contributed by atoms with Gasteiger partial charge in [-0.05, 0) is 48.9 Å². The van der Waals surface area contributed by atoms with Crippen molar-refractivity contribution in [2.24, 2.45) is 23.2 Å². The molecule has 0 aliphatic heterocycles. The van der Waals surface area contributed by atoms with E-state index in [1.165, 1.54) is 32.1 Å². The van der Waals surface area contributed by atoms with Gasteiger partial charge in [0.05, 0.1) is 0 Å². The second-order valence-corrected chi connectivity index (χ2v) is 6.66. The molecule has 3 unspecified atom stereocenters. The van der Waals surface area contributed by atoms with Gasteiger partial charge in [0.25, 0.3) is 0 Å². The van der Waals surface area contributed by atoms with Gasteiger partial charge in [-0.2, -0.15) is 0 Å². The standard InChI is InChI=1S/C17H32/c1-7-12-17(6,13(2)3)15(5)14(4)16-10-8-9-11-16/h10,13-15H,7-9,11-12H2,1-6H3. The first kappa shape index (κ1) is 14.8. The zero-order chi connectivity index (χ0) is 13.1. The van der Waals surface area contributed by atoms with Crippen LogP contribution in [0.5, 0.6) is 0 Å². The lowest BCUT2D eigenvalue weighted by molar-refractivity contribution is 0.0820. The van der Waals surface area contributed by atoms with E-state index < -0.39 is 0 Å². The summed E-state index contributed by atoms with van der Waals surface area (Å²) in [7, 11) is 0. The Hall–Kier alpha value is -0.260. The van der Waals surface area contributed by atoms with Crippen molar-refractivity contribution in [2.45, 2.75) is 73.6 Å². The predicted molar refractivity (Wildman–Crippen MR) is 78.1 cm³/mol. The number of allylic oxidation sites excluding steroid dienone is 2. The maximum atomic E-state index is 2.51. The molecule has 100 valence electrons. The first-order valence-corrected chi connectivity index (χ1v) is 7.62. The van der Waals surface area contributed by atoms with Crippen LogP contribution in [0.2, 0.25) is 0 Å². The summed E-state index contributed by atoms with van der Waals surface area (Å²) in [5.41, 5.74) is 2.23. The Morgan fingerprint density at radius 1 is 1.24 bits per heavy atom. The van der Waals surface area contributed by atoms with E-state index in [2.05, 4.69) is 47.6 Å². The van der Waals surface area contributed by atoms with Gasteiger partial charge in [0.2, 0.25) is 0 Å². The van der Waals surface area contributed by atoms with Crippen molar-refractivity contribution < 1.29 is 0 Å². The first-order chi connectivity index (χ1) is 7.93. The fourth-order valence-corrected chi connectivity index (χ4v) is 3.58. The fourth-order valence-electron chi connectivity index (χ4n) is 3.58. The molecule has 0 saturated heterocycles. The smallest absolute Gasteiger partial charge is 0.0201 e. The summed E-state index contributed by atoms with van der Waals surface area (Å²) >= 11 is 0. The Bertz CT molecular complexity index is 261. The van der Waals surface area contributed by atoms with E-state index in [-0.39, 0.29) is 0 Å². The monoisotopic (exact) mass is 236 g/mol. The third-order valence-corrected chi connectivity index (χ3v) is 5.56. The Kier molecular flexibility index (Phi) is 5.28. The first-order valence-electron chi connectivity index (χ1n) is 7.62. The maximum absolute atomic E-state index is 2.51. The molecule has 0 radical (unpaired) electrons. The van der Waals surface area contributed by atoms with Crippen molar-refractivity contribution >= 4 is 0 Å². The molecule has 1 rings (SSSR count). The van der Waals surface area contributed by atoms with E-state index in [9.17, 15) is 0 Å². The second kappa shape index (κ2) is 6.07. The largest absolute Gasteiger partial charge is 0.0850 e. The van der Waals surface area contributed by atoms with Gasteiger partial charge in [0.1, 0.15) is 0 Å². The van der Waals surface area contributed by atoms with Gasteiger partial charge in [-0.3, -0.25) is 0 Å². The maximum Gasteiger partial charge on any atom is -0.0201 e. The summed E-state index contributed by atoms with van der Waals surface area (Å²) in [6, 6.07) is 0. The lowest BCUT2D eigenvalue weighted by Gasteiger charge is -2.43. The molecule has 0 bridgehead atoms. The van der Waals surface area contributed by atoms with Crippen LogP contribution in [0.15, 0.2) is 11.6 Å². The molecule has 0 fully saturated rings. The Morgan fingerprint density at radius 2 is 1.88 bits per heavy atom. The number of hydrogen-bond donors (Lipinski definition) is 0. The molecule has 0 heteroatoms. The van der Waals surface area contributed by atoms with Crippen molar-refractivity contribution in [3.05, 3.63) is 11.6 Å². The lowest BCUT2D eigenvalue weighted by Crippen LogP contribution is -2.35. The third-order valence-electron chi connectivity index (χ3n) is 5.56. The zero-order valence-corrected chi connectivity index (χ0v) is 12.8. The van der Waals surface area contributed by atoms with Crippen molar-refractivity contribution in [1.29, 1.82) is 0 Å². The van der Waals surface area contributed by atoms with Gasteiger partial charge in [-0.25, -0.2) is 0 Å². The van der Waals surface area contributed by atoms with Crippen molar-refractivity contribution in [2.75, 3.05) is 0 Å². The molecule has 0 nitrogen and oxygen atoms in total. The third kappa shape index (κ3) is 3.14. The quantitative estimate of drug-likeness (QED) is 0.509. The fraction of sp³-hybridized carbons (Fsp3) is 0.882. The highest BCUT2D eigenvalue weighted by molar-refractivity contribution is 5.13. The highest BCUT2D eigenvalue weighted by atomic mass is 14.4. The number of hydrogen-bond acceptors (Lipinski definition) is 0. The van der Waals surface area contributed by atoms with Crippen LogP contribution in [0.25, 0.3) is 0 Å². The predicted octanol–water partition coefficient (Wildman–Crippen LogP) is 5.83. The average Bonchev–Trinajstić information content (AvgIpc) is 2.80. The molecule has 0 N–H and O–H groups in total. The summed E-state index contributed by atoms with van der Waals surface area (Å²) in [4.78, 5) is 0. The molecule has 0 aromatic carbocycles. The Balaban J connectivity index is 2.79. The van der Waals surface area contributed by atoms with Gasteiger partial charge in [-0.1, -0.05) is 59.6 Å². The summed E-state index contributed by atoms with van der Waals surface area (Å²) in [5, 5.41) is 0. The van der Waals surface area contributed by atoms with Crippen LogP contribution in [-0.4, -0.2) is 0 Å². The summed E-state index contributed by atoms with van der Waals surface area (Å²) in [6.07, 6.45) is 9.24. The average molecular weight is 236 g/mol. The van der Waals surface area contributed by atoms with Crippen molar-refractivity contribution in [1.82, 2.24) is 0 Å². The van der Waals surface area contributed by atoms with E-state index in [0.717, 1.165) is 17.8 Å². The van der Waals surface area contributed by atoms with Crippen LogP contribution in [-0.2, 0) is 0 Å². The van der Waals surface area contributed by atoms with Gasteiger partial charge in [0.15, 0.2) is 0 Å². The van der Waals surface area contributed by atoms with Gasteiger partial charge in [-0.15, -0.1) is 0 Å². The Labute approximate surface area is 109 Å². The minimum Gasteiger partial charge on any atom is -0.0850 e. The molecule has 0 saturated carbocycles. The van der Waals surface area contributed by atoms with Gasteiger partial charge < -0.3 is 0 Å². The molecule has 0 spiro atoms. The molecule has 0 aromatic rings. The Morgan fingerprint density at radius 3 is 2.29 bits per heavy atom. The second-order valence-electron chi connectivity index (χ2n) is 6.66. The minimum absolute atomic E-state index is 0.498. The summed E-state index contributed by atoms with van der Waals surface area (Å²) in [6.45, 7) is 14.6. The van der Waals surface area contributed by atoms with Gasteiger partial charge in [0, 0.05) is 0 Å². The zero-order valence-electron chi connectivity index (χ0n) is 12.8. The van der Waals surface area contributed by atoms with E-state index in [4.69, 9.17) is 0 Å². The molecule has 1 aliphatic rings. The SMILES string of the molecule is CCCC(C)(C(C)C)C(C)C(C)C1=CCCC1. The summed E-state index contributed by atoms with van der Waals surface area (Å²) < 4.78 is 0. The molecule has 1 aliphatic carbocycles. The van der Waals surface area contributed by atoms with Crippen LogP contribution in [0.1, 0.15) is 73.6 Å². The van der Waals surface area contributed by atoms with Gasteiger partial charge >= 0.3 is 0 Å². The van der Waals surface area contributed by atoms with Crippen molar-refractivity contribution in [3.63, 3.8) is 0 Å². The summed E-state index contributed by atoms with van der Waals surface area (Å²) in [5.74, 6) is 2.35. The lowest BCUT2D eigenvalue weighted by atomic mass is 9.62. The molecular formula is C17H32. The molecular weight excluding hydrogens is 204 g/mol. The molecule has 0 aromatic heterocycles. The minimum atomic E-state index is 0.498. The van der Waals surface area contributed by atoms with E-state index >= 15 is 0 Å². The van der Waals surface area contributed by atoms with Crippen molar-refractivity contribution in [3.8, 4) is 0 Å². The van der Waals surface area contributed by atoms with Crippen LogP contribution in [0, 0.1) is 23.2 Å². The van der Waals surface area contributed by atoms with E-state index in [1.54, 1.807) is 5.57 Å². The normalized spacial score (nSPS) is 23.4. The van der Waals surface area contributed by atoms with Crippen LogP contribution >= 0.6 is 0 Å². The van der Waals surface area contributed by atoms with Crippen LogP contribution in [0.4, 0.5) is 0 Å². The molecule has 0 heterocycles. The van der Waals surface area contributed by atoms with E-state index in [0.29, 0.717) is 5.41 Å². The van der Waals surface area contributed by atoms with Crippen LogP contribution in [0.3, 0.4) is 0 Å². The van der Waals surface area contributed by atoms with Crippen LogP contribution < -0.4 is 0 Å². The number of rotatable bonds is 6. The highest BCUT2D eigenvalue weighted by Gasteiger charge is 2.37. The molecule has 17 heavy (non-hydrogen) atoms. The highest BCUT2D eigenvalue weighted by Crippen LogP contribution is 2.46.